The first-order chi connectivity index (χ1) is 15.0. The van der Waals surface area contributed by atoms with Crippen LogP contribution >= 0.6 is 11.8 Å². The fourth-order valence-corrected chi connectivity index (χ4v) is 4.22. The van der Waals surface area contributed by atoms with Crippen molar-refractivity contribution in [3.63, 3.8) is 0 Å². The number of rotatable bonds is 5. The highest BCUT2D eigenvalue weighted by Crippen LogP contribution is 2.32. The first-order valence-electron chi connectivity index (χ1n) is 9.90. The molecule has 0 radical (unpaired) electrons. The number of imide groups is 1. The summed E-state index contributed by atoms with van der Waals surface area (Å²) in [4.78, 5) is 52.4. The first-order valence-corrected chi connectivity index (χ1v) is 10.7. The third-order valence-corrected chi connectivity index (χ3v) is 5.87. The van der Waals surface area contributed by atoms with Gasteiger partial charge in [0.15, 0.2) is 0 Å². The van der Waals surface area contributed by atoms with E-state index in [9.17, 15) is 19.2 Å². The predicted molar refractivity (Wildman–Crippen MR) is 113 cm³/mol. The summed E-state index contributed by atoms with van der Waals surface area (Å²) in [5.74, 6) is -1.01. The Morgan fingerprint density at radius 3 is 2.65 bits per heavy atom. The Kier molecular flexibility index (Phi) is 6.22. The van der Waals surface area contributed by atoms with Crippen LogP contribution in [0.15, 0.2) is 52.0 Å². The number of amides is 3. The molecule has 31 heavy (non-hydrogen) atoms. The maximum atomic E-state index is 12.7. The molecule has 0 N–H and O–H groups in total. The van der Waals surface area contributed by atoms with Gasteiger partial charge in [-0.2, -0.15) is 0 Å². The lowest BCUT2D eigenvalue weighted by Gasteiger charge is -2.27. The molecule has 2 fully saturated rings. The maximum Gasteiger partial charge on any atom is 0.379 e. The summed E-state index contributed by atoms with van der Waals surface area (Å²) in [6.45, 7) is 1.08. The van der Waals surface area contributed by atoms with Crippen molar-refractivity contribution in [1.82, 2.24) is 9.80 Å². The average molecular weight is 440 g/mol. The van der Waals surface area contributed by atoms with Crippen LogP contribution in [0.1, 0.15) is 35.4 Å². The number of thioether (sulfide) groups is 1. The van der Waals surface area contributed by atoms with Gasteiger partial charge in [-0.25, -0.2) is 4.79 Å². The number of piperidine rings is 1. The quantitative estimate of drug-likeness (QED) is 0.398. The molecule has 2 saturated heterocycles. The van der Waals surface area contributed by atoms with Crippen LogP contribution in [0.2, 0.25) is 0 Å². The number of benzene rings is 1. The van der Waals surface area contributed by atoms with Gasteiger partial charge in [0.2, 0.25) is 11.7 Å². The van der Waals surface area contributed by atoms with E-state index < -0.39 is 17.1 Å². The summed E-state index contributed by atoms with van der Waals surface area (Å²) in [6.07, 6.45) is 5.88. The van der Waals surface area contributed by atoms with E-state index in [0.717, 1.165) is 35.9 Å². The SMILES string of the molecule is O=C(Oc1cccc(/C=C2\SC(=O)N(CC(=O)N3CCCCC3)C2=O)c1)c1ccco1. The van der Waals surface area contributed by atoms with Gasteiger partial charge in [0.1, 0.15) is 12.3 Å². The third-order valence-electron chi connectivity index (χ3n) is 4.96. The van der Waals surface area contributed by atoms with E-state index in [4.69, 9.17) is 9.15 Å². The highest BCUT2D eigenvalue weighted by atomic mass is 32.2. The Bertz CT molecular complexity index is 1040. The highest BCUT2D eigenvalue weighted by molar-refractivity contribution is 8.18. The van der Waals surface area contributed by atoms with E-state index in [2.05, 4.69) is 0 Å². The molecule has 3 heterocycles. The van der Waals surface area contributed by atoms with Gasteiger partial charge in [-0.05, 0) is 66.9 Å². The van der Waals surface area contributed by atoms with Crippen LogP contribution in [0.5, 0.6) is 5.75 Å². The Balaban J connectivity index is 1.44. The number of nitrogens with zero attached hydrogens (tertiary/aromatic N) is 2. The molecule has 2 aliphatic heterocycles. The van der Waals surface area contributed by atoms with Crippen molar-refractivity contribution in [2.45, 2.75) is 19.3 Å². The number of ether oxygens (including phenoxy) is 1. The van der Waals surface area contributed by atoms with Crippen molar-refractivity contribution in [1.29, 1.82) is 0 Å². The lowest BCUT2D eigenvalue weighted by atomic mass is 10.1. The number of hydrogen-bond acceptors (Lipinski definition) is 7. The molecule has 8 nitrogen and oxygen atoms in total. The molecule has 2 aromatic rings. The van der Waals surface area contributed by atoms with Crippen molar-refractivity contribution < 1.29 is 28.3 Å². The molecule has 2 aliphatic rings. The summed E-state index contributed by atoms with van der Waals surface area (Å²) in [6, 6.07) is 9.64. The summed E-state index contributed by atoms with van der Waals surface area (Å²) >= 11 is 0.788. The van der Waals surface area contributed by atoms with Crippen LogP contribution in [0.3, 0.4) is 0 Å². The summed E-state index contributed by atoms with van der Waals surface area (Å²) in [7, 11) is 0. The zero-order valence-electron chi connectivity index (χ0n) is 16.6. The van der Waals surface area contributed by atoms with E-state index >= 15 is 0 Å². The van der Waals surface area contributed by atoms with E-state index in [0.29, 0.717) is 18.7 Å². The molecular weight excluding hydrogens is 420 g/mol. The number of furan rings is 1. The summed E-state index contributed by atoms with van der Waals surface area (Å²) in [5, 5.41) is -0.470. The molecule has 4 rings (SSSR count). The van der Waals surface area contributed by atoms with E-state index in [1.54, 1.807) is 41.3 Å². The summed E-state index contributed by atoms with van der Waals surface area (Å²) in [5.41, 5.74) is 0.581. The highest BCUT2D eigenvalue weighted by Gasteiger charge is 2.37. The standard InChI is InChI=1S/C22H20N2O6S/c25-19(23-9-2-1-3-10-23)14-24-20(26)18(31-22(24)28)13-15-6-4-7-16(12-15)30-21(27)17-8-5-11-29-17/h4-8,11-13H,1-3,9-10,14H2/b18-13-. The number of carbonyl (C=O) groups excluding carboxylic acids is 4. The van der Waals surface area contributed by atoms with Crippen molar-refractivity contribution in [3.05, 3.63) is 58.9 Å². The van der Waals surface area contributed by atoms with Gasteiger partial charge in [0.05, 0.1) is 11.2 Å². The molecule has 1 aromatic heterocycles. The molecule has 160 valence electrons. The summed E-state index contributed by atoms with van der Waals surface area (Å²) < 4.78 is 10.3. The molecule has 1 aromatic carbocycles. The molecule has 0 saturated carbocycles. The number of esters is 1. The van der Waals surface area contributed by atoms with Crippen LogP contribution in [0, 0.1) is 0 Å². The number of likely N-dealkylation sites (tertiary alicyclic amines) is 1. The molecule has 3 amide bonds. The normalized spacial score (nSPS) is 18.0. The number of hydrogen-bond donors (Lipinski definition) is 0. The molecule has 9 heteroatoms. The lowest BCUT2D eigenvalue weighted by molar-refractivity contribution is -0.136. The van der Waals surface area contributed by atoms with Crippen LogP contribution in [0.25, 0.3) is 6.08 Å². The van der Waals surface area contributed by atoms with Crippen LogP contribution in [0.4, 0.5) is 4.79 Å². The molecular formula is C22H20N2O6S. The monoisotopic (exact) mass is 440 g/mol. The van der Waals surface area contributed by atoms with Crippen LogP contribution < -0.4 is 4.74 Å². The van der Waals surface area contributed by atoms with Crippen molar-refractivity contribution in [2.24, 2.45) is 0 Å². The largest absolute Gasteiger partial charge is 0.457 e. The second-order valence-corrected chi connectivity index (χ2v) is 8.14. The van der Waals surface area contributed by atoms with Crippen molar-refractivity contribution >= 4 is 40.9 Å². The first kappa shape index (κ1) is 20.9. The predicted octanol–water partition coefficient (Wildman–Crippen LogP) is 3.55. The third kappa shape index (κ3) is 4.88. The molecule has 0 atom stereocenters. The minimum Gasteiger partial charge on any atom is -0.457 e. The second-order valence-electron chi connectivity index (χ2n) is 7.15. The molecule has 0 bridgehead atoms. The van der Waals surface area contributed by atoms with Gasteiger partial charge >= 0.3 is 5.97 Å². The second kappa shape index (κ2) is 9.22. The lowest BCUT2D eigenvalue weighted by Crippen LogP contribution is -2.44. The van der Waals surface area contributed by atoms with Gasteiger partial charge in [-0.15, -0.1) is 0 Å². The van der Waals surface area contributed by atoms with Crippen LogP contribution in [-0.2, 0) is 9.59 Å². The minimum atomic E-state index is -0.640. The van der Waals surface area contributed by atoms with Crippen molar-refractivity contribution in [3.8, 4) is 5.75 Å². The van der Waals surface area contributed by atoms with Gasteiger partial charge < -0.3 is 14.1 Å². The van der Waals surface area contributed by atoms with E-state index in [1.165, 1.54) is 12.3 Å². The molecule has 0 aliphatic carbocycles. The van der Waals surface area contributed by atoms with Gasteiger partial charge in [0, 0.05) is 13.1 Å². The fraction of sp³-hybridized carbons (Fsp3) is 0.273. The van der Waals surface area contributed by atoms with E-state index in [1.807, 2.05) is 0 Å². The maximum absolute atomic E-state index is 12.7. The van der Waals surface area contributed by atoms with Gasteiger partial charge in [-0.3, -0.25) is 19.3 Å². The van der Waals surface area contributed by atoms with Gasteiger partial charge in [-0.1, -0.05) is 12.1 Å². The van der Waals surface area contributed by atoms with Crippen LogP contribution in [-0.4, -0.2) is 52.5 Å². The zero-order chi connectivity index (χ0) is 21.8. The minimum absolute atomic E-state index is 0.0740. The Labute approximate surface area is 182 Å². The average Bonchev–Trinajstić information content (AvgIpc) is 3.40. The Hall–Kier alpha value is -3.33. The Morgan fingerprint density at radius 2 is 1.90 bits per heavy atom. The zero-order valence-corrected chi connectivity index (χ0v) is 17.4. The van der Waals surface area contributed by atoms with E-state index in [-0.39, 0.29) is 28.9 Å². The Morgan fingerprint density at radius 1 is 1.10 bits per heavy atom. The number of carbonyl (C=O) groups is 4. The smallest absolute Gasteiger partial charge is 0.379 e. The molecule has 0 unspecified atom stereocenters. The molecule has 0 spiro atoms. The fourth-order valence-electron chi connectivity index (χ4n) is 3.39. The topological polar surface area (TPSA) is 97.1 Å². The van der Waals surface area contributed by atoms with Crippen molar-refractivity contribution in [2.75, 3.05) is 19.6 Å². The van der Waals surface area contributed by atoms with Gasteiger partial charge in [0.25, 0.3) is 11.1 Å².